The minimum atomic E-state index is -0.0227. The van der Waals surface area contributed by atoms with Crippen molar-refractivity contribution >= 4 is 23.2 Å². The third-order valence-electron chi connectivity index (χ3n) is 3.69. The number of anilines is 1. The lowest BCUT2D eigenvalue weighted by molar-refractivity contribution is -0.120. The molecule has 134 valence electrons. The lowest BCUT2D eigenvalue weighted by Crippen LogP contribution is -2.29. The van der Waals surface area contributed by atoms with Crippen molar-refractivity contribution in [1.29, 1.82) is 0 Å². The molecule has 0 unspecified atom stereocenters. The van der Waals surface area contributed by atoms with Gasteiger partial charge in [0.25, 0.3) is 0 Å². The van der Waals surface area contributed by atoms with Crippen molar-refractivity contribution in [1.82, 2.24) is 5.32 Å². The highest BCUT2D eigenvalue weighted by atomic mass is 35.5. The molecule has 2 N–H and O–H groups in total. The van der Waals surface area contributed by atoms with E-state index in [1.54, 1.807) is 7.11 Å². The Morgan fingerprint density at radius 3 is 2.52 bits per heavy atom. The van der Waals surface area contributed by atoms with Crippen molar-refractivity contribution in [2.45, 2.75) is 13.3 Å². The summed E-state index contributed by atoms with van der Waals surface area (Å²) < 4.78 is 10.6. The summed E-state index contributed by atoms with van der Waals surface area (Å²) in [5.41, 5.74) is 1.93. The van der Waals surface area contributed by atoms with Crippen LogP contribution in [0.3, 0.4) is 0 Å². The Hall–Kier alpha value is -2.40. The fraction of sp³-hybridized carbons (Fsp3) is 0.316. The van der Waals surface area contributed by atoms with Crippen LogP contribution in [0.25, 0.3) is 0 Å². The summed E-state index contributed by atoms with van der Waals surface area (Å²) in [7, 11) is 1.62. The van der Waals surface area contributed by atoms with Gasteiger partial charge in [-0.15, -0.1) is 0 Å². The normalized spacial score (nSPS) is 10.2. The second-order valence-electron chi connectivity index (χ2n) is 5.46. The van der Waals surface area contributed by atoms with Crippen LogP contribution in [-0.4, -0.2) is 32.7 Å². The van der Waals surface area contributed by atoms with Crippen molar-refractivity contribution in [3.05, 3.63) is 53.1 Å². The van der Waals surface area contributed by atoms with Gasteiger partial charge in [0.05, 0.1) is 13.7 Å². The van der Waals surface area contributed by atoms with Crippen LogP contribution in [0.2, 0.25) is 5.02 Å². The zero-order chi connectivity index (χ0) is 18.1. The Bertz CT molecular complexity index is 690. The van der Waals surface area contributed by atoms with Gasteiger partial charge in [-0.25, -0.2) is 0 Å². The predicted octanol–water partition coefficient (Wildman–Crippen LogP) is 3.65. The molecule has 1 amide bonds. The fourth-order valence-electron chi connectivity index (χ4n) is 2.23. The van der Waals surface area contributed by atoms with E-state index in [4.69, 9.17) is 21.1 Å². The molecule has 25 heavy (non-hydrogen) atoms. The zero-order valence-corrected chi connectivity index (χ0v) is 15.2. The molecule has 2 aromatic carbocycles. The van der Waals surface area contributed by atoms with Crippen molar-refractivity contribution in [2.24, 2.45) is 0 Å². The first-order chi connectivity index (χ1) is 12.1. The van der Waals surface area contributed by atoms with Gasteiger partial charge in [0.2, 0.25) is 5.91 Å². The van der Waals surface area contributed by atoms with Crippen molar-refractivity contribution in [2.75, 3.05) is 32.1 Å². The minimum Gasteiger partial charge on any atom is -0.497 e. The van der Waals surface area contributed by atoms with E-state index in [0.717, 1.165) is 22.7 Å². The Morgan fingerprint density at radius 1 is 1.08 bits per heavy atom. The van der Waals surface area contributed by atoms with Crippen LogP contribution >= 0.6 is 11.6 Å². The van der Waals surface area contributed by atoms with Gasteiger partial charge >= 0.3 is 0 Å². The molecule has 0 spiro atoms. The van der Waals surface area contributed by atoms with Crippen molar-refractivity contribution in [3.8, 4) is 11.5 Å². The predicted molar refractivity (Wildman–Crippen MR) is 101 cm³/mol. The molecule has 2 aromatic rings. The number of hydrogen-bond acceptors (Lipinski definition) is 4. The summed E-state index contributed by atoms with van der Waals surface area (Å²) in [4.78, 5) is 11.8. The largest absolute Gasteiger partial charge is 0.497 e. The number of methoxy groups -OCH3 is 1. The van der Waals surface area contributed by atoms with E-state index in [1.165, 1.54) is 0 Å². The fourth-order valence-corrected chi connectivity index (χ4v) is 2.40. The first-order valence-electron chi connectivity index (χ1n) is 8.12. The highest BCUT2D eigenvalue weighted by Gasteiger charge is 2.04. The molecular formula is C19H23ClN2O3. The topological polar surface area (TPSA) is 59.6 Å². The number of halogens is 1. The third-order valence-corrected chi connectivity index (χ3v) is 4.10. The number of nitrogens with one attached hydrogen (secondary N) is 2. The second kappa shape index (κ2) is 9.79. The molecule has 0 aliphatic heterocycles. The second-order valence-corrected chi connectivity index (χ2v) is 5.87. The number of benzene rings is 2. The molecule has 0 saturated carbocycles. The zero-order valence-electron chi connectivity index (χ0n) is 14.5. The molecule has 5 nitrogen and oxygen atoms in total. The number of amides is 1. The minimum absolute atomic E-state index is 0.0227. The molecule has 0 saturated heterocycles. The van der Waals surface area contributed by atoms with Crippen LogP contribution in [0, 0.1) is 6.92 Å². The van der Waals surface area contributed by atoms with E-state index in [0.29, 0.717) is 31.1 Å². The molecule has 2 rings (SSSR count). The smallest absolute Gasteiger partial charge is 0.221 e. The monoisotopic (exact) mass is 362 g/mol. The van der Waals surface area contributed by atoms with Crippen molar-refractivity contribution < 1.29 is 14.3 Å². The van der Waals surface area contributed by atoms with Crippen LogP contribution in [0.5, 0.6) is 11.5 Å². The Kier molecular flexibility index (Phi) is 7.41. The van der Waals surface area contributed by atoms with Gasteiger partial charge in [-0.2, -0.15) is 0 Å². The molecule has 0 aliphatic rings. The van der Waals surface area contributed by atoms with Crippen molar-refractivity contribution in [3.63, 3.8) is 0 Å². The summed E-state index contributed by atoms with van der Waals surface area (Å²) in [5, 5.41) is 6.77. The summed E-state index contributed by atoms with van der Waals surface area (Å²) in [6.45, 7) is 3.37. The lowest BCUT2D eigenvalue weighted by atomic mass is 10.2. The van der Waals surface area contributed by atoms with Gasteiger partial charge in [0.1, 0.15) is 18.1 Å². The number of rotatable bonds is 9. The SMILES string of the molecule is COc1ccc(OCCNC(=O)CCNc2cccc(Cl)c2C)cc1. The molecule has 0 aromatic heterocycles. The van der Waals surface area contributed by atoms with Gasteiger partial charge in [0, 0.05) is 23.7 Å². The lowest BCUT2D eigenvalue weighted by Gasteiger charge is -2.11. The highest BCUT2D eigenvalue weighted by Crippen LogP contribution is 2.22. The van der Waals surface area contributed by atoms with Gasteiger partial charge < -0.3 is 20.1 Å². The van der Waals surface area contributed by atoms with E-state index in [1.807, 2.05) is 49.4 Å². The van der Waals surface area contributed by atoms with E-state index in [2.05, 4.69) is 10.6 Å². The molecular weight excluding hydrogens is 340 g/mol. The number of carbonyl (C=O) groups excluding carboxylic acids is 1. The number of carbonyl (C=O) groups is 1. The molecule has 0 heterocycles. The molecule has 0 radical (unpaired) electrons. The summed E-state index contributed by atoms with van der Waals surface area (Å²) >= 11 is 6.07. The average molecular weight is 363 g/mol. The maximum absolute atomic E-state index is 11.8. The maximum atomic E-state index is 11.8. The van der Waals surface area contributed by atoms with Crippen LogP contribution in [0.4, 0.5) is 5.69 Å². The van der Waals surface area contributed by atoms with Crippen LogP contribution < -0.4 is 20.1 Å². The van der Waals surface area contributed by atoms with Gasteiger partial charge in [0.15, 0.2) is 0 Å². The number of hydrogen-bond donors (Lipinski definition) is 2. The van der Waals surface area contributed by atoms with Crippen LogP contribution in [0.1, 0.15) is 12.0 Å². The van der Waals surface area contributed by atoms with Gasteiger partial charge in [-0.3, -0.25) is 4.79 Å². The molecule has 0 aliphatic carbocycles. The third kappa shape index (κ3) is 6.19. The molecule has 0 fully saturated rings. The van der Waals surface area contributed by atoms with Crippen LogP contribution in [0.15, 0.2) is 42.5 Å². The van der Waals surface area contributed by atoms with E-state index in [9.17, 15) is 4.79 Å². The first kappa shape index (κ1) is 18.9. The standard InChI is InChI=1S/C19H23ClN2O3/c1-14-17(20)4-3-5-18(14)21-11-10-19(23)22-12-13-25-16-8-6-15(24-2)7-9-16/h3-9,21H,10-13H2,1-2H3,(H,22,23). The first-order valence-corrected chi connectivity index (χ1v) is 8.50. The Balaban J connectivity index is 1.61. The van der Waals surface area contributed by atoms with E-state index in [-0.39, 0.29) is 5.91 Å². The van der Waals surface area contributed by atoms with E-state index < -0.39 is 0 Å². The highest BCUT2D eigenvalue weighted by molar-refractivity contribution is 6.31. The van der Waals surface area contributed by atoms with Gasteiger partial charge in [-0.1, -0.05) is 17.7 Å². The maximum Gasteiger partial charge on any atom is 0.221 e. The molecule has 6 heteroatoms. The quantitative estimate of drug-likeness (QED) is 0.668. The van der Waals surface area contributed by atoms with Gasteiger partial charge in [-0.05, 0) is 48.9 Å². The Labute approximate surface area is 153 Å². The molecule has 0 atom stereocenters. The summed E-state index contributed by atoms with van der Waals surface area (Å²) in [6.07, 6.45) is 0.383. The summed E-state index contributed by atoms with van der Waals surface area (Å²) in [6, 6.07) is 13.0. The van der Waals surface area contributed by atoms with E-state index >= 15 is 0 Å². The van der Waals surface area contributed by atoms with Crippen LogP contribution in [-0.2, 0) is 4.79 Å². The molecule has 0 bridgehead atoms. The average Bonchev–Trinajstić information content (AvgIpc) is 2.63. The summed E-state index contributed by atoms with van der Waals surface area (Å²) in [5.74, 6) is 1.50. The number of ether oxygens (including phenoxy) is 2. The Morgan fingerprint density at radius 2 is 1.80 bits per heavy atom.